The van der Waals surface area contributed by atoms with E-state index in [0.29, 0.717) is 5.56 Å². The zero-order chi connectivity index (χ0) is 17.7. The van der Waals surface area contributed by atoms with E-state index in [9.17, 15) is 10.1 Å². The molecule has 4 heteroatoms. The molecule has 0 saturated heterocycles. The van der Waals surface area contributed by atoms with Gasteiger partial charge in [0.25, 0.3) is 5.69 Å². The Morgan fingerprint density at radius 1 is 0.731 bits per heavy atom. The number of hydrogen-bond acceptors (Lipinski definition) is 2. The van der Waals surface area contributed by atoms with E-state index in [1.54, 1.807) is 18.2 Å². The predicted octanol–water partition coefficient (Wildman–Crippen LogP) is 5.82. The monoisotopic (exact) mass is 338 g/mol. The molecule has 0 atom stereocenters. The highest BCUT2D eigenvalue weighted by atomic mass is 16.6. The summed E-state index contributed by atoms with van der Waals surface area (Å²) < 4.78 is 2.23. The average Bonchev–Trinajstić information content (AvgIpc) is 3.06. The first kappa shape index (κ1) is 14.7. The van der Waals surface area contributed by atoms with Crippen molar-refractivity contribution in [3.05, 3.63) is 95.0 Å². The van der Waals surface area contributed by atoms with Crippen LogP contribution in [0.4, 0.5) is 5.69 Å². The molecule has 5 aromatic rings. The lowest BCUT2D eigenvalue weighted by molar-refractivity contribution is -0.384. The highest BCUT2D eigenvalue weighted by molar-refractivity contribution is 5.96. The van der Waals surface area contributed by atoms with Gasteiger partial charge in [0.2, 0.25) is 0 Å². The number of nitrogens with zero attached hydrogens (tertiary/aromatic N) is 2. The van der Waals surface area contributed by atoms with Crippen LogP contribution in [-0.4, -0.2) is 9.32 Å². The fourth-order valence-electron chi connectivity index (χ4n) is 3.68. The van der Waals surface area contributed by atoms with E-state index in [1.165, 1.54) is 5.39 Å². The van der Waals surface area contributed by atoms with Gasteiger partial charge in [-0.3, -0.25) is 10.1 Å². The average molecular weight is 338 g/mol. The zero-order valence-electron chi connectivity index (χ0n) is 13.8. The first-order valence-corrected chi connectivity index (χ1v) is 8.39. The Balaban J connectivity index is 1.81. The van der Waals surface area contributed by atoms with Crippen molar-refractivity contribution in [1.29, 1.82) is 0 Å². The Bertz CT molecular complexity index is 1320. The van der Waals surface area contributed by atoms with E-state index in [1.807, 2.05) is 36.4 Å². The number of benzene rings is 3. The number of aromatic nitrogens is 1. The summed E-state index contributed by atoms with van der Waals surface area (Å²) in [6, 6.07) is 27.5. The second-order valence-corrected chi connectivity index (χ2v) is 6.34. The molecule has 0 unspecified atom stereocenters. The van der Waals surface area contributed by atoms with E-state index < -0.39 is 0 Å². The van der Waals surface area contributed by atoms with Gasteiger partial charge in [-0.1, -0.05) is 42.5 Å². The van der Waals surface area contributed by atoms with Crippen LogP contribution in [0.1, 0.15) is 0 Å². The van der Waals surface area contributed by atoms with Crippen LogP contribution in [0.25, 0.3) is 38.4 Å². The third kappa shape index (κ3) is 2.09. The topological polar surface area (TPSA) is 47.5 Å². The largest absolute Gasteiger partial charge is 0.309 e. The van der Waals surface area contributed by atoms with Crippen LogP contribution in [0.15, 0.2) is 84.9 Å². The van der Waals surface area contributed by atoms with Crippen molar-refractivity contribution >= 4 is 33.0 Å². The van der Waals surface area contributed by atoms with Gasteiger partial charge < -0.3 is 4.40 Å². The van der Waals surface area contributed by atoms with Gasteiger partial charge >= 0.3 is 0 Å². The predicted molar refractivity (Wildman–Crippen MR) is 104 cm³/mol. The molecule has 26 heavy (non-hydrogen) atoms. The van der Waals surface area contributed by atoms with Crippen LogP contribution in [0.2, 0.25) is 0 Å². The first-order chi connectivity index (χ1) is 12.7. The Morgan fingerprint density at radius 3 is 2.38 bits per heavy atom. The number of pyridine rings is 1. The SMILES string of the molecule is O=[N+]([O-])c1ccccc1-c1ccc2c(c1)cc1ccc3ccccc3n12. The lowest BCUT2D eigenvalue weighted by Gasteiger charge is -2.06. The maximum atomic E-state index is 11.3. The molecular weight excluding hydrogens is 324 g/mol. The van der Waals surface area contributed by atoms with Crippen molar-refractivity contribution in [3.8, 4) is 11.1 Å². The molecule has 0 aliphatic carbocycles. The summed E-state index contributed by atoms with van der Waals surface area (Å²) in [4.78, 5) is 11.0. The van der Waals surface area contributed by atoms with Crippen molar-refractivity contribution < 1.29 is 4.92 Å². The van der Waals surface area contributed by atoms with E-state index in [-0.39, 0.29) is 10.6 Å². The Hall–Kier alpha value is -3.66. The molecule has 0 aliphatic heterocycles. The molecule has 2 aromatic heterocycles. The summed E-state index contributed by atoms with van der Waals surface area (Å²) in [6.45, 7) is 0. The molecule has 0 bridgehead atoms. The van der Waals surface area contributed by atoms with Crippen LogP contribution in [-0.2, 0) is 0 Å². The highest BCUT2D eigenvalue weighted by Gasteiger charge is 2.15. The Kier molecular flexibility index (Phi) is 3.06. The molecule has 3 aromatic carbocycles. The molecule has 0 amide bonds. The molecule has 0 fully saturated rings. The van der Waals surface area contributed by atoms with E-state index in [2.05, 4.69) is 34.7 Å². The maximum Gasteiger partial charge on any atom is 0.277 e. The first-order valence-electron chi connectivity index (χ1n) is 8.39. The normalized spacial score (nSPS) is 11.4. The van der Waals surface area contributed by atoms with Crippen molar-refractivity contribution in [2.75, 3.05) is 0 Å². The summed E-state index contributed by atoms with van der Waals surface area (Å²) >= 11 is 0. The van der Waals surface area contributed by atoms with Crippen LogP contribution in [0.5, 0.6) is 0 Å². The van der Waals surface area contributed by atoms with Gasteiger partial charge in [-0.05, 0) is 47.3 Å². The molecule has 0 aliphatic rings. The molecule has 124 valence electrons. The van der Waals surface area contributed by atoms with Gasteiger partial charge in [0.1, 0.15) is 0 Å². The minimum absolute atomic E-state index is 0.126. The Labute approximate surface area is 149 Å². The minimum atomic E-state index is -0.330. The molecule has 2 heterocycles. The van der Waals surface area contributed by atoms with Crippen molar-refractivity contribution in [3.63, 3.8) is 0 Å². The third-order valence-corrected chi connectivity index (χ3v) is 4.85. The second kappa shape index (κ2) is 5.43. The zero-order valence-corrected chi connectivity index (χ0v) is 13.8. The van der Waals surface area contributed by atoms with E-state index in [0.717, 1.165) is 27.5 Å². The van der Waals surface area contributed by atoms with Gasteiger partial charge in [0.05, 0.1) is 21.5 Å². The fourth-order valence-corrected chi connectivity index (χ4v) is 3.68. The standard InChI is InChI=1S/C22H14N2O2/c25-24(26)22-8-4-2-6-19(22)16-10-12-21-17(13-16)14-18-11-9-15-5-1-3-7-20(15)23(18)21/h1-14H. The number of rotatable bonds is 2. The summed E-state index contributed by atoms with van der Waals surface area (Å²) in [5.74, 6) is 0. The van der Waals surface area contributed by atoms with Gasteiger partial charge in [-0.2, -0.15) is 0 Å². The highest BCUT2D eigenvalue weighted by Crippen LogP contribution is 2.33. The number of para-hydroxylation sites is 2. The molecule has 0 saturated carbocycles. The number of nitro benzene ring substituents is 1. The van der Waals surface area contributed by atoms with Gasteiger partial charge in [-0.15, -0.1) is 0 Å². The van der Waals surface area contributed by atoms with Crippen molar-refractivity contribution in [2.24, 2.45) is 0 Å². The maximum absolute atomic E-state index is 11.3. The van der Waals surface area contributed by atoms with Crippen LogP contribution in [0.3, 0.4) is 0 Å². The molecular formula is C22H14N2O2. The molecule has 4 nitrogen and oxygen atoms in total. The fraction of sp³-hybridized carbons (Fsp3) is 0. The van der Waals surface area contributed by atoms with Gasteiger partial charge in [0.15, 0.2) is 0 Å². The molecule has 0 radical (unpaired) electrons. The van der Waals surface area contributed by atoms with Gasteiger partial charge in [-0.25, -0.2) is 0 Å². The third-order valence-electron chi connectivity index (χ3n) is 4.85. The lowest BCUT2D eigenvalue weighted by atomic mass is 10.0. The van der Waals surface area contributed by atoms with Crippen LogP contribution >= 0.6 is 0 Å². The summed E-state index contributed by atoms with van der Waals surface area (Å²) in [5, 5.41) is 13.6. The molecule has 0 spiro atoms. The Morgan fingerprint density at radius 2 is 1.50 bits per heavy atom. The summed E-state index contributed by atoms with van der Waals surface area (Å²) in [5.41, 5.74) is 4.97. The van der Waals surface area contributed by atoms with Crippen LogP contribution < -0.4 is 0 Å². The van der Waals surface area contributed by atoms with Crippen molar-refractivity contribution in [1.82, 2.24) is 4.40 Å². The van der Waals surface area contributed by atoms with Crippen LogP contribution in [0, 0.1) is 10.1 Å². The van der Waals surface area contributed by atoms with E-state index in [4.69, 9.17) is 0 Å². The van der Waals surface area contributed by atoms with E-state index >= 15 is 0 Å². The summed E-state index contributed by atoms with van der Waals surface area (Å²) in [7, 11) is 0. The second-order valence-electron chi connectivity index (χ2n) is 6.34. The van der Waals surface area contributed by atoms with Gasteiger partial charge in [0, 0.05) is 17.0 Å². The summed E-state index contributed by atoms with van der Waals surface area (Å²) in [6.07, 6.45) is 0. The van der Waals surface area contributed by atoms with Crippen molar-refractivity contribution in [2.45, 2.75) is 0 Å². The molecule has 0 N–H and O–H groups in total. The number of fused-ring (bicyclic) bond motifs is 5. The number of nitro groups is 1. The number of hydrogen-bond donors (Lipinski definition) is 0. The molecule has 5 rings (SSSR count). The minimum Gasteiger partial charge on any atom is -0.309 e. The quantitative estimate of drug-likeness (QED) is 0.301. The smallest absolute Gasteiger partial charge is 0.277 e. The lowest BCUT2D eigenvalue weighted by Crippen LogP contribution is -1.91.